The van der Waals surface area contributed by atoms with Crippen LogP contribution in [0.1, 0.15) is 102 Å². The van der Waals surface area contributed by atoms with Crippen LogP contribution >= 0.6 is 0 Å². The van der Waals surface area contributed by atoms with E-state index in [2.05, 4.69) is 24.0 Å². The van der Waals surface area contributed by atoms with E-state index in [0.717, 1.165) is 30.9 Å². The maximum Gasteiger partial charge on any atom is 0.168 e. The summed E-state index contributed by atoms with van der Waals surface area (Å²) < 4.78 is 29.6. The van der Waals surface area contributed by atoms with Gasteiger partial charge in [0.05, 0.1) is 11.4 Å². The Hall–Kier alpha value is -1.84. The lowest BCUT2D eigenvalue weighted by Crippen LogP contribution is -2.15. The molecule has 1 saturated carbocycles. The van der Waals surface area contributed by atoms with Gasteiger partial charge in [0.1, 0.15) is 0 Å². The molecular formula is C28H40F2N2. The Bertz CT molecular complexity index is 811. The van der Waals surface area contributed by atoms with Crippen LogP contribution < -0.4 is 0 Å². The number of aryl methyl sites for hydroxylation is 2. The van der Waals surface area contributed by atoms with Gasteiger partial charge in [-0.25, -0.2) is 8.78 Å². The Morgan fingerprint density at radius 1 is 0.719 bits per heavy atom. The Kier molecular flexibility index (Phi) is 10.1. The molecule has 3 rings (SSSR count). The number of rotatable bonds is 12. The van der Waals surface area contributed by atoms with E-state index in [0.29, 0.717) is 23.6 Å². The van der Waals surface area contributed by atoms with E-state index >= 15 is 0 Å². The lowest BCUT2D eigenvalue weighted by atomic mass is 9.78. The third-order valence-corrected chi connectivity index (χ3v) is 7.18. The molecule has 0 spiro atoms. The van der Waals surface area contributed by atoms with Crippen LogP contribution in [0.4, 0.5) is 8.78 Å². The third-order valence-electron chi connectivity index (χ3n) is 7.18. The van der Waals surface area contributed by atoms with Gasteiger partial charge < -0.3 is 0 Å². The van der Waals surface area contributed by atoms with Crippen molar-refractivity contribution in [2.75, 3.05) is 0 Å². The predicted molar refractivity (Wildman–Crippen MR) is 129 cm³/mol. The fourth-order valence-corrected chi connectivity index (χ4v) is 5.10. The third kappa shape index (κ3) is 7.08. The number of benzene rings is 1. The van der Waals surface area contributed by atoms with Crippen molar-refractivity contribution in [2.24, 2.45) is 11.8 Å². The molecule has 0 radical (unpaired) electrons. The van der Waals surface area contributed by atoms with Crippen molar-refractivity contribution in [1.29, 1.82) is 0 Å². The molecule has 2 aromatic rings. The number of unbranched alkanes of at least 4 members (excludes halogenated alkanes) is 4. The van der Waals surface area contributed by atoms with Crippen molar-refractivity contribution < 1.29 is 8.78 Å². The van der Waals surface area contributed by atoms with Crippen LogP contribution in [0.2, 0.25) is 0 Å². The average Bonchev–Trinajstić information content (AvgIpc) is 2.82. The van der Waals surface area contributed by atoms with Gasteiger partial charge in [0, 0.05) is 5.56 Å². The molecule has 2 nitrogen and oxygen atoms in total. The molecule has 0 N–H and O–H groups in total. The van der Waals surface area contributed by atoms with Gasteiger partial charge in [-0.1, -0.05) is 84.1 Å². The highest BCUT2D eigenvalue weighted by atomic mass is 19.2. The Morgan fingerprint density at radius 2 is 1.44 bits per heavy atom. The SMILES string of the molecule is CCCCCCCc1ccc(-c2ccc(CCC3CCC(CCC)CC3)c(F)c2F)nn1. The molecule has 0 amide bonds. The molecule has 32 heavy (non-hydrogen) atoms. The first-order valence-corrected chi connectivity index (χ1v) is 12.9. The molecule has 0 saturated heterocycles. The standard InChI is InChI=1S/C28H40F2N2/c1-3-5-6-7-8-10-24-18-20-26(32-31-24)25-19-17-23(27(29)28(25)30)16-15-22-13-11-21(9-4-2)12-14-22/h17-22H,3-16H2,1-2H3. The summed E-state index contributed by atoms with van der Waals surface area (Å²) >= 11 is 0. The fraction of sp³-hybridized carbons (Fsp3) is 0.643. The zero-order chi connectivity index (χ0) is 22.8. The van der Waals surface area contributed by atoms with Crippen molar-refractivity contribution in [1.82, 2.24) is 10.2 Å². The molecule has 1 aliphatic rings. The highest BCUT2D eigenvalue weighted by Gasteiger charge is 2.22. The summed E-state index contributed by atoms with van der Waals surface area (Å²) in [7, 11) is 0. The second-order valence-corrected chi connectivity index (χ2v) is 9.69. The van der Waals surface area contributed by atoms with Crippen molar-refractivity contribution in [3.8, 4) is 11.3 Å². The Morgan fingerprint density at radius 3 is 2.09 bits per heavy atom. The van der Waals surface area contributed by atoms with Crippen LogP contribution in [0.5, 0.6) is 0 Å². The zero-order valence-electron chi connectivity index (χ0n) is 20.0. The first kappa shape index (κ1) is 24.8. The smallest absolute Gasteiger partial charge is 0.168 e. The fourth-order valence-electron chi connectivity index (χ4n) is 5.10. The summed E-state index contributed by atoms with van der Waals surface area (Å²) in [5, 5.41) is 8.42. The largest absolute Gasteiger partial charge is 0.203 e. The van der Waals surface area contributed by atoms with Gasteiger partial charge in [0.2, 0.25) is 0 Å². The number of nitrogens with zero attached hydrogens (tertiary/aromatic N) is 2. The van der Waals surface area contributed by atoms with Crippen molar-refractivity contribution in [3.63, 3.8) is 0 Å². The molecule has 1 aromatic carbocycles. The van der Waals surface area contributed by atoms with Gasteiger partial charge >= 0.3 is 0 Å². The molecule has 1 aliphatic carbocycles. The predicted octanol–water partition coefficient (Wildman–Crippen LogP) is 8.47. The second kappa shape index (κ2) is 13.0. The highest BCUT2D eigenvalue weighted by molar-refractivity contribution is 5.60. The molecular weight excluding hydrogens is 402 g/mol. The van der Waals surface area contributed by atoms with E-state index in [1.807, 2.05) is 6.07 Å². The number of halogens is 2. The minimum atomic E-state index is -0.796. The lowest BCUT2D eigenvalue weighted by molar-refractivity contribution is 0.251. The molecule has 0 bridgehead atoms. The van der Waals surface area contributed by atoms with Crippen LogP contribution in [-0.4, -0.2) is 10.2 Å². The van der Waals surface area contributed by atoms with Crippen LogP contribution in [0.25, 0.3) is 11.3 Å². The number of aromatic nitrogens is 2. The Balaban J connectivity index is 1.54. The van der Waals surface area contributed by atoms with E-state index < -0.39 is 11.6 Å². The van der Waals surface area contributed by atoms with Gasteiger partial charge in [0.25, 0.3) is 0 Å². The number of hydrogen-bond acceptors (Lipinski definition) is 2. The van der Waals surface area contributed by atoms with Crippen LogP contribution in [-0.2, 0) is 12.8 Å². The maximum atomic E-state index is 14.8. The van der Waals surface area contributed by atoms with E-state index in [-0.39, 0.29) is 5.56 Å². The quantitative estimate of drug-likeness (QED) is 0.308. The minimum absolute atomic E-state index is 0.202. The zero-order valence-corrected chi connectivity index (χ0v) is 20.0. The summed E-state index contributed by atoms with van der Waals surface area (Å²) in [6.45, 7) is 4.46. The summed E-state index contributed by atoms with van der Waals surface area (Å²) in [6, 6.07) is 7.06. The summed E-state index contributed by atoms with van der Waals surface area (Å²) in [5.41, 5.74) is 2.00. The Labute approximate surface area is 193 Å². The summed E-state index contributed by atoms with van der Waals surface area (Å²) in [4.78, 5) is 0. The van der Waals surface area contributed by atoms with E-state index in [9.17, 15) is 8.78 Å². The molecule has 176 valence electrons. The molecule has 0 atom stereocenters. The van der Waals surface area contributed by atoms with Gasteiger partial charge in [-0.2, -0.15) is 10.2 Å². The van der Waals surface area contributed by atoms with Gasteiger partial charge in [-0.05, 0) is 61.3 Å². The van der Waals surface area contributed by atoms with E-state index in [1.54, 1.807) is 18.2 Å². The molecule has 1 fully saturated rings. The molecule has 0 aliphatic heterocycles. The minimum Gasteiger partial charge on any atom is -0.203 e. The first-order valence-electron chi connectivity index (χ1n) is 12.9. The molecule has 0 unspecified atom stereocenters. The van der Waals surface area contributed by atoms with Gasteiger partial charge in [0.15, 0.2) is 11.6 Å². The van der Waals surface area contributed by atoms with Crippen molar-refractivity contribution in [2.45, 2.75) is 104 Å². The summed E-state index contributed by atoms with van der Waals surface area (Å²) in [5.74, 6) is 0.00337. The van der Waals surface area contributed by atoms with Crippen LogP contribution in [0.15, 0.2) is 24.3 Å². The highest BCUT2D eigenvalue weighted by Crippen LogP contribution is 2.34. The normalized spacial score (nSPS) is 18.8. The lowest BCUT2D eigenvalue weighted by Gasteiger charge is -2.28. The second-order valence-electron chi connectivity index (χ2n) is 9.69. The maximum absolute atomic E-state index is 14.8. The van der Waals surface area contributed by atoms with E-state index in [4.69, 9.17) is 0 Å². The van der Waals surface area contributed by atoms with Crippen LogP contribution in [0, 0.1) is 23.5 Å². The molecule has 1 aromatic heterocycles. The van der Waals surface area contributed by atoms with Crippen molar-refractivity contribution >= 4 is 0 Å². The van der Waals surface area contributed by atoms with Gasteiger partial charge in [-0.3, -0.25) is 0 Å². The average molecular weight is 443 g/mol. The molecule has 4 heteroatoms. The van der Waals surface area contributed by atoms with Crippen LogP contribution in [0.3, 0.4) is 0 Å². The molecule has 1 heterocycles. The first-order chi connectivity index (χ1) is 15.6. The summed E-state index contributed by atoms with van der Waals surface area (Å²) in [6.07, 6.45) is 16.1. The van der Waals surface area contributed by atoms with Crippen molar-refractivity contribution in [3.05, 3.63) is 47.2 Å². The number of hydrogen-bond donors (Lipinski definition) is 0. The topological polar surface area (TPSA) is 25.8 Å². The monoisotopic (exact) mass is 442 g/mol. The van der Waals surface area contributed by atoms with E-state index in [1.165, 1.54) is 64.2 Å². The van der Waals surface area contributed by atoms with Gasteiger partial charge in [-0.15, -0.1) is 0 Å².